The van der Waals surface area contributed by atoms with E-state index in [2.05, 4.69) is 0 Å². The zero-order valence-corrected chi connectivity index (χ0v) is 32.0. The molecule has 0 unspecified atom stereocenters. The van der Waals surface area contributed by atoms with E-state index in [-0.39, 0.29) is 44.4 Å². The first kappa shape index (κ1) is 43.0. The van der Waals surface area contributed by atoms with Crippen LogP contribution in [0.2, 0.25) is 0 Å². The molecule has 55 heavy (non-hydrogen) atoms. The molecule has 0 spiro atoms. The fraction of sp³-hybridized carbons (Fsp3) is 0.316. The molecule has 0 saturated heterocycles. The molecule has 9 nitrogen and oxygen atoms in total. The van der Waals surface area contributed by atoms with Crippen molar-refractivity contribution in [3.05, 3.63) is 108 Å². The summed E-state index contributed by atoms with van der Waals surface area (Å²) in [6.07, 6.45) is -10.8. The maximum Gasteiger partial charge on any atom is 0.417 e. The first-order valence-corrected chi connectivity index (χ1v) is 19.3. The summed E-state index contributed by atoms with van der Waals surface area (Å²) in [6.45, 7) is 8.12. The summed E-state index contributed by atoms with van der Waals surface area (Å²) in [7, 11) is -9.73. The minimum atomic E-state index is -5.73. The van der Waals surface area contributed by atoms with Crippen LogP contribution in [0.15, 0.2) is 117 Å². The molecule has 0 saturated carbocycles. The standard InChI is InChI=1S/C38H38F6O9S2/c1-35(2,3)51-32(45)23-49-29-18-13-19-30(50-24-33(46)52-36(4,5)6)34(29)54(26-14-9-7-10-15-26,27-16-11-8-12-17-27)53-55(47,48)31-21-20-25(37(39,40)41)22-28(31)38(42,43)44/h7-22H,23-24H2,1-6H3. The molecule has 0 aromatic heterocycles. The molecule has 0 bridgehead atoms. The Hall–Kier alpha value is -4.74. The van der Waals surface area contributed by atoms with Crippen LogP contribution in [0.5, 0.6) is 11.5 Å². The van der Waals surface area contributed by atoms with Crippen LogP contribution in [0, 0.1) is 0 Å². The van der Waals surface area contributed by atoms with Gasteiger partial charge in [-0.05, 0) is 106 Å². The number of benzene rings is 4. The third-order valence-electron chi connectivity index (χ3n) is 6.98. The number of halogens is 6. The first-order valence-electron chi connectivity index (χ1n) is 16.3. The minimum absolute atomic E-state index is 0.0284. The Morgan fingerprint density at radius 3 is 1.40 bits per heavy atom. The molecule has 0 fully saturated rings. The van der Waals surface area contributed by atoms with Gasteiger partial charge in [-0.25, -0.2) is 13.2 Å². The third kappa shape index (κ3) is 10.9. The second kappa shape index (κ2) is 16.2. The molecule has 0 radical (unpaired) electrons. The molecule has 298 valence electrons. The van der Waals surface area contributed by atoms with E-state index < -0.39 is 85.2 Å². The van der Waals surface area contributed by atoms with Gasteiger partial charge in [0, 0.05) is 9.79 Å². The maximum atomic E-state index is 14.5. The quantitative estimate of drug-likeness (QED) is 0.102. The monoisotopic (exact) mass is 816 g/mol. The van der Waals surface area contributed by atoms with E-state index in [9.17, 15) is 44.3 Å². The predicted octanol–water partition coefficient (Wildman–Crippen LogP) is 9.77. The van der Waals surface area contributed by atoms with Crippen molar-refractivity contribution in [2.75, 3.05) is 13.2 Å². The highest BCUT2D eigenvalue weighted by atomic mass is 32.3. The molecule has 4 rings (SSSR count). The number of rotatable bonds is 12. The summed E-state index contributed by atoms with van der Waals surface area (Å²) in [6, 6.07) is 18.8. The van der Waals surface area contributed by atoms with Crippen molar-refractivity contribution < 1.29 is 66.9 Å². The van der Waals surface area contributed by atoms with Crippen molar-refractivity contribution in [1.82, 2.24) is 0 Å². The Labute approximate surface area is 316 Å². The predicted molar refractivity (Wildman–Crippen MR) is 189 cm³/mol. The smallest absolute Gasteiger partial charge is 0.417 e. The molecule has 0 aliphatic heterocycles. The molecule has 0 N–H and O–H groups in total. The van der Waals surface area contributed by atoms with Gasteiger partial charge >= 0.3 is 34.4 Å². The van der Waals surface area contributed by atoms with Gasteiger partial charge in [-0.2, -0.15) is 34.8 Å². The van der Waals surface area contributed by atoms with Crippen molar-refractivity contribution >= 4 is 32.4 Å². The normalized spacial score (nSPS) is 13.2. The van der Waals surface area contributed by atoms with Gasteiger partial charge in [0.25, 0.3) is 0 Å². The van der Waals surface area contributed by atoms with Crippen LogP contribution < -0.4 is 9.47 Å². The van der Waals surface area contributed by atoms with Crippen molar-refractivity contribution in [1.29, 1.82) is 0 Å². The van der Waals surface area contributed by atoms with Gasteiger partial charge in [0.2, 0.25) is 0 Å². The van der Waals surface area contributed by atoms with Gasteiger partial charge < -0.3 is 18.9 Å². The number of ether oxygens (including phenoxy) is 4. The molecular weight excluding hydrogens is 779 g/mol. The highest BCUT2D eigenvalue weighted by Gasteiger charge is 2.47. The van der Waals surface area contributed by atoms with E-state index in [0.29, 0.717) is 0 Å². The summed E-state index contributed by atoms with van der Waals surface area (Å²) >= 11 is 0. The van der Waals surface area contributed by atoms with Gasteiger partial charge in [-0.3, -0.25) is 0 Å². The van der Waals surface area contributed by atoms with Crippen LogP contribution in [-0.2, 0) is 45.2 Å². The second-order valence-electron chi connectivity index (χ2n) is 13.7. The molecule has 0 heterocycles. The van der Waals surface area contributed by atoms with Crippen molar-refractivity contribution in [2.24, 2.45) is 0 Å². The van der Waals surface area contributed by atoms with E-state index in [1.54, 1.807) is 53.7 Å². The average molecular weight is 817 g/mol. The molecule has 0 aliphatic rings. The first-order chi connectivity index (χ1) is 25.3. The average Bonchev–Trinajstić information content (AvgIpc) is 3.07. The second-order valence-corrected chi connectivity index (χ2v) is 18.1. The van der Waals surface area contributed by atoms with E-state index >= 15 is 0 Å². The van der Waals surface area contributed by atoms with Crippen LogP contribution in [0.4, 0.5) is 26.3 Å². The van der Waals surface area contributed by atoms with Gasteiger partial charge in [0.1, 0.15) is 32.5 Å². The number of hydrogen-bond donors (Lipinski definition) is 0. The Kier molecular flexibility index (Phi) is 12.6. The Bertz CT molecular complexity index is 2000. The lowest BCUT2D eigenvalue weighted by atomic mass is 10.1. The summed E-state index contributed by atoms with van der Waals surface area (Å²) in [5, 5.41) is 0. The fourth-order valence-electron chi connectivity index (χ4n) is 5.05. The number of esters is 2. The molecule has 4 aromatic carbocycles. The molecular formula is C38H38F6O9S2. The van der Waals surface area contributed by atoms with Crippen LogP contribution >= 0.6 is 10.3 Å². The zero-order valence-electron chi connectivity index (χ0n) is 30.4. The summed E-state index contributed by atoms with van der Waals surface area (Å²) in [5.41, 5.74) is -5.77. The van der Waals surface area contributed by atoms with E-state index in [4.69, 9.17) is 22.6 Å². The minimum Gasteiger partial charge on any atom is -0.481 e. The largest absolute Gasteiger partial charge is 0.481 e. The van der Waals surface area contributed by atoms with E-state index in [1.165, 1.54) is 66.7 Å². The lowest BCUT2D eigenvalue weighted by Gasteiger charge is -2.41. The Morgan fingerprint density at radius 1 is 0.582 bits per heavy atom. The summed E-state index contributed by atoms with van der Waals surface area (Å²) in [5.74, 6) is -2.25. The van der Waals surface area contributed by atoms with Gasteiger partial charge in [-0.15, -0.1) is 0 Å². The molecule has 0 atom stereocenters. The van der Waals surface area contributed by atoms with Crippen molar-refractivity contribution in [2.45, 2.75) is 84.7 Å². The van der Waals surface area contributed by atoms with E-state index in [1.807, 2.05) is 0 Å². The third-order valence-corrected chi connectivity index (χ3v) is 12.3. The number of carbonyl (C=O) groups excluding carboxylic acids is 2. The highest BCUT2D eigenvalue weighted by molar-refractivity contribution is 8.33. The zero-order chi connectivity index (χ0) is 41.0. The topological polar surface area (TPSA) is 114 Å². The van der Waals surface area contributed by atoms with Crippen molar-refractivity contribution in [3.8, 4) is 11.5 Å². The Morgan fingerprint density at radius 2 is 1.02 bits per heavy atom. The molecule has 0 amide bonds. The van der Waals surface area contributed by atoms with Gasteiger partial charge in [0.05, 0.1) is 11.1 Å². The Balaban J connectivity index is 2.09. The lowest BCUT2D eigenvalue weighted by molar-refractivity contribution is -0.158. The highest BCUT2D eigenvalue weighted by Crippen LogP contribution is 2.74. The van der Waals surface area contributed by atoms with Gasteiger partial charge in [-0.1, -0.05) is 42.5 Å². The number of carbonyl (C=O) groups is 2. The number of alkyl halides is 6. The summed E-state index contributed by atoms with van der Waals surface area (Å²) in [4.78, 5) is 23.9. The number of hydrogen-bond acceptors (Lipinski definition) is 9. The fourth-order valence-corrected chi connectivity index (χ4v) is 10.6. The van der Waals surface area contributed by atoms with E-state index in [0.717, 1.165) is 0 Å². The SMILES string of the molecule is CC(C)(C)OC(=O)COc1cccc(OCC(=O)OC(C)(C)C)c1S(OS(=O)(=O)c1ccc(C(F)(F)F)cc1C(F)(F)F)(c1ccccc1)c1ccccc1. The van der Waals surface area contributed by atoms with Crippen LogP contribution in [0.1, 0.15) is 52.7 Å². The van der Waals surface area contributed by atoms with Crippen molar-refractivity contribution in [3.63, 3.8) is 0 Å². The lowest BCUT2D eigenvalue weighted by Crippen LogP contribution is -2.28. The molecule has 0 aliphatic carbocycles. The van der Waals surface area contributed by atoms with Gasteiger partial charge in [0.15, 0.2) is 13.2 Å². The molecule has 17 heteroatoms. The van der Waals surface area contributed by atoms with Crippen LogP contribution in [0.25, 0.3) is 0 Å². The van der Waals surface area contributed by atoms with Crippen LogP contribution in [-0.4, -0.2) is 44.8 Å². The maximum absolute atomic E-state index is 14.5. The van der Waals surface area contributed by atoms with Crippen LogP contribution in [0.3, 0.4) is 0 Å². The molecule has 4 aromatic rings. The summed E-state index contributed by atoms with van der Waals surface area (Å²) < 4.78 is 142.